The summed E-state index contributed by atoms with van der Waals surface area (Å²) in [5, 5.41) is 3.00. The quantitative estimate of drug-likeness (QED) is 0.505. The van der Waals surface area contributed by atoms with Crippen LogP contribution in [-0.2, 0) is 0 Å². The molecule has 0 aromatic heterocycles. The molecular weight excluding hydrogens is 337 g/mol. The maximum Gasteiger partial charge on any atom is 0.0447 e. The van der Waals surface area contributed by atoms with Crippen molar-refractivity contribution >= 4 is 72.3 Å². The fourth-order valence-corrected chi connectivity index (χ4v) is 9.14. The first-order chi connectivity index (χ1) is 8.40. The van der Waals surface area contributed by atoms with Crippen molar-refractivity contribution < 1.29 is 0 Å². The summed E-state index contributed by atoms with van der Waals surface area (Å²) in [4.78, 5) is 0. The number of rotatable bonds is 6. The van der Waals surface area contributed by atoms with Crippen LogP contribution in [-0.4, -0.2) is 41.7 Å². The molecule has 0 nitrogen and oxygen atoms in total. The monoisotopic (exact) mass is 360 g/mol. The maximum atomic E-state index is 4.48. The smallest absolute Gasteiger partial charge is 0.0447 e. The van der Waals surface area contributed by atoms with Crippen LogP contribution in [0.3, 0.4) is 0 Å². The van der Waals surface area contributed by atoms with Crippen LogP contribution in [0.15, 0.2) is 0 Å². The van der Waals surface area contributed by atoms with Crippen LogP contribution in [0.4, 0.5) is 0 Å². The molecule has 0 radical (unpaired) electrons. The molecule has 0 saturated carbocycles. The van der Waals surface area contributed by atoms with E-state index in [-0.39, 0.29) is 0 Å². The summed E-state index contributed by atoms with van der Waals surface area (Å²) in [6.07, 6.45) is 0. The highest BCUT2D eigenvalue weighted by molar-refractivity contribution is 8.13. The van der Waals surface area contributed by atoms with Gasteiger partial charge in [0.05, 0.1) is 0 Å². The standard InChI is InChI=1S/C12H24S6/c1-7(17-9(3)13)11-5-16-12(6-15-11)8(2)18-10(4)14/h7-14H,5-6H2,1-4H3. The minimum absolute atomic E-state index is 0.447. The van der Waals surface area contributed by atoms with Gasteiger partial charge in [-0.25, -0.2) is 0 Å². The average Bonchev–Trinajstić information content (AvgIpc) is 2.27. The van der Waals surface area contributed by atoms with E-state index in [0.717, 1.165) is 10.5 Å². The van der Waals surface area contributed by atoms with Gasteiger partial charge < -0.3 is 0 Å². The molecule has 0 N–H and O–H groups in total. The zero-order chi connectivity index (χ0) is 13.7. The summed E-state index contributed by atoms with van der Waals surface area (Å²) in [5.74, 6) is 2.58. The largest absolute Gasteiger partial charge is 0.165 e. The first kappa shape index (κ1) is 18.1. The second-order valence-electron chi connectivity index (χ2n) is 4.62. The Hall–Kier alpha value is 2.10. The molecule has 0 spiro atoms. The number of hydrogen-bond donors (Lipinski definition) is 2. The van der Waals surface area contributed by atoms with Crippen molar-refractivity contribution in [3.8, 4) is 0 Å². The Morgan fingerprint density at radius 1 is 0.833 bits per heavy atom. The molecule has 1 heterocycles. The number of hydrogen-bond acceptors (Lipinski definition) is 6. The van der Waals surface area contributed by atoms with Crippen molar-refractivity contribution in [2.45, 2.75) is 57.9 Å². The van der Waals surface area contributed by atoms with Gasteiger partial charge in [0, 0.05) is 41.7 Å². The highest BCUT2D eigenvalue weighted by Gasteiger charge is 2.30. The van der Waals surface area contributed by atoms with Crippen molar-refractivity contribution in [1.29, 1.82) is 0 Å². The van der Waals surface area contributed by atoms with Crippen LogP contribution in [0.25, 0.3) is 0 Å². The fourth-order valence-electron chi connectivity index (χ4n) is 1.87. The Labute approximate surface area is 141 Å². The molecule has 6 heteroatoms. The van der Waals surface area contributed by atoms with E-state index in [1.807, 2.05) is 23.5 Å². The zero-order valence-corrected chi connectivity index (χ0v) is 16.5. The Morgan fingerprint density at radius 2 is 1.17 bits per heavy atom. The highest BCUT2D eigenvalue weighted by atomic mass is 32.2. The van der Waals surface area contributed by atoms with Crippen molar-refractivity contribution in [2.75, 3.05) is 11.5 Å². The normalized spacial score (nSPS) is 31.7. The molecule has 0 aliphatic carbocycles. The Kier molecular flexibility index (Phi) is 9.26. The van der Waals surface area contributed by atoms with E-state index in [2.05, 4.69) is 76.5 Å². The van der Waals surface area contributed by atoms with Gasteiger partial charge in [-0.2, -0.15) is 48.8 Å². The van der Waals surface area contributed by atoms with Crippen molar-refractivity contribution in [1.82, 2.24) is 0 Å². The molecular formula is C12H24S6. The van der Waals surface area contributed by atoms with Crippen LogP contribution in [0.1, 0.15) is 27.7 Å². The van der Waals surface area contributed by atoms with Gasteiger partial charge >= 0.3 is 0 Å². The van der Waals surface area contributed by atoms with Crippen LogP contribution >= 0.6 is 72.3 Å². The predicted octanol–water partition coefficient (Wildman–Crippen LogP) is 5.00. The molecule has 1 aliphatic rings. The topological polar surface area (TPSA) is 0 Å². The van der Waals surface area contributed by atoms with E-state index in [1.54, 1.807) is 0 Å². The Bertz CT molecular complexity index is 201. The second-order valence-corrected chi connectivity index (χ2v) is 12.9. The van der Waals surface area contributed by atoms with E-state index in [0.29, 0.717) is 19.7 Å². The lowest BCUT2D eigenvalue weighted by Crippen LogP contribution is -2.33. The summed E-state index contributed by atoms with van der Waals surface area (Å²) in [6.45, 7) is 9.04. The maximum absolute atomic E-state index is 4.48. The van der Waals surface area contributed by atoms with Crippen molar-refractivity contribution in [2.24, 2.45) is 0 Å². The lowest BCUT2D eigenvalue weighted by molar-refractivity contribution is 0.879. The Morgan fingerprint density at radius 3 is 1.39 bits per heavy atom. The first-order valence-electron chi connectivity index (χ1n) is 6.30. The summed E-state index contributed by atoms with van der Waals surface area (Å²) in [6, 6.07) is 0. The predicted molar refractivity (Wildman–Crippen MR) is 103 cm³/mol. The Balaban J connectivity index is 2.31. The molecule has 6 atom stereocenters. The SMILES string of the molecule is CC(S)SC(C)C1CSC(C(C)SC(C)S)CS1. The summed E-state index contributed by atoms with van der Waals surface area (Å²) in [5.41, 5.74) is 0. The van der Waals surface area contributed by atoms with Gasteiger partial charge in [0.15, 0.2) is 0 Å². The first-order valence-corrected chi connectivity index (χ1v) is 11.3. The van der Waals surface area contributed by atoms with Gasteiger partial charge in [0.1, 0.15) is 0 Å². The molecule has 108 valence electrons. The van der Waals surface area contributed by atoms with Crippen LogP contribution in [0.2, 0.25) is 0 Å². The molecule has 0 amide bonds. The van der Waals surface area contributed by atoms with Gasteiger partial charge in [-0.1, -0.05) is 13.8 Å². The highest BCUT2D eigenvalue weighted by Crippen LogP contribution is 2.40. The van der Waals surface area contributed by atoms with E-state index in [4.69, 9.17) is 0 Å². The van der Waals surface area contributed by atoms with Crippen LogP contribution in [0.5, 0.6) is 0 Å². The molecule has 0 bridgehead atoms. The van der Waals surface area contributed by atoms with Crippen molar-refractivity contribution in [3.05, 3.63) is 0 Å². The van der Waals surface area contributed by atoms with Crippen LogP contribution in [0, 0.1) is 0 Å². The van der Waals surface area contributed by atoms with E-state index < -0.39 is 0 Å². The lowest BCUT2D eigenvalue weighted by atomic mass is 10.3. The zero-order valence-electron chi connectivity index (χ0n) is 11.4. The molecule has 18 heavy (non-hydrogen) atoms. The van der Waals surface area contributed by atoms with Crippen molar-refractivity contribution in [3.63, 3.8) is 0 Å². The van der Waals surface area contributed by atoms with Gasteiger partial charge in [0.25, 0.3) is 0 Å². The average molecular weight is 361 g/mol. The third kappa shape index (κ3) is 6.70. The van der Waals surface area contributed by atoms with Gasteiger partial charge in [-0.05, 0) is 13.8 Å². The molecule has 1 rings (SSSR count). The molecule has 6 unspecified atom stereocenters. The summed E-state index contributed by atoms with van der Waals surface area (Å²) in [7, 11) is 0. The fraction of sp³-hybridized carbons (Fsp3) is 1.00. The number of thioether (sulfide) groups is 4. The molecule has 1 saturated heterocycles. The molecule has 0 aromatic carbocycles. The van der Waals surface area contributed by atoms with E-state index in [1.165, 1.54) is 11.5 Å². The van der Waals surface area contributed by atoms with Gasteiger partial charge in [-0.3, -0.25) is 0 Å². The van der Waals surface area contributed by atoms with Gasteiger partial charge in [0.2, 0.25) is 0 Å². The van der Waals surface area contributed by atoms with Crippen LogP contribution < -0.4 is 0 Å². The number of thiol groups is 2. The summed E-state index contributed by atoms with van der Waals surface area (Å²) >= 11 is 17.3. The lowest BCUT2D eigenvalue weighted by Gasteiger charge is -2.34. The second kappa shape index (κ2) is 9.19. The molecule has 1 fully saturated rings. The van der Waals surface area contributed by atoms with E-state index in [9.17, 15) is 0 Å². The third-order valence-corrected chi connectivity index (χ3v) is 9.73. The van der Waals surface area contributed by atoms with Gasteiger partial charge in [-0.15, -0.1) is 23.5 Å². The third-order valence-electron chi connectivity index (χ3n) is 2.82. The minimum atomic E-state index is 0.447. The molecule has 0 aromatic rings. The molecule has 1 aliphatic heterocycles. The minimum Gasteiger partial charge on any atom is -0.165 e. The van der Waals surface area contributed by atoms with E-state index >= 15 is 0 Å². The summed E-state index contributed by atoms with van der Waals surface area (Å²) < 4.78 is 0.894.